The van der Waals surface area contributed by atoms with E-state index in [-0.39, 0.29) is 0 Å². The molecule has 2 aromatic rings. The molecule has 2 heterocycles. The monoisotopic (exact) mass is 217 g/mol. The molecule has 0 unspecified atom stereocenters. The van der Waals surface area contributed by atoms with Crippen molar-refractivity contribution < 1.29 is 0 Å². The fourth-order valence-corrected chi connectivity index (χ4v) is 1.76. The Hall–Kier alpha value is -1.65. The van der Waals surface area contributed by atoms with Crippen LogP contribution in [0.3, 0.4) is 0 Å². The second kappa shape index (κ2) is 3.43. The summed E-state index contributed by atoms with van der Waals surface area (Å²) in [6.07, 6.45) is 5.91. The molecule has 1 fully saturated rings. The van der Waals surface area contributed by atoms with Gasteiger partial charge in [0.1, 0.15) is 11.8 Å². The van der Waals surface area contributed by atoms with Crippen LogP contribution < -0.4 is 5.32 Å². The quantitative estimate of drug-likeness (QED) is 0.854. The van der Waals surface area contributed by atoms with E-state index in [4.69, 9.17) is 0 Å². The minimum Gasteiger partial charge on any atom is -0.365 e. The number of imidazole rings is 1. The van der Waals surface area contributed by atoms with Gasteiger partial charge in [-0.25, -0.2) is 15.0 Å². The van der Waals surface area contributed by atoms with Gasteiger partial charge in [-0.15, -0.1) is 0 Å². The first-order valence-electron chi connectivity index (χ1n) is 5.70. The molecule has 0 spiro atoms. The van der Waals surface area contributed by atoms with E-state index in [1.807, 2.05) is 6.33 Å². The highest BCUT2D eigenvalue weighted by Crippen LogP contribution is 2.27. The summed E-state index contributed by atoms with van der Waals surface area (Å²) >= 11 is 0. The fraction of sp³-hybridized carbons (Fsp3) is 0.545. The number of hydrogen-bond donors (Lipinski definition) is 1. The minimum atomic E-state index is 0.369. The zero-order valence-corrected chi connectivity index (χ0v) is 9.51. The summed E-state index contributed by atoms with van der Waals surface area (Å²) in [4.78, 5) is 13.0. The molecule has 1 N–H and O–H groups in total. The number of anilines is 1. The lowest BCUT2D eigenvalue weighted by atomic mass is 10.4. The van der Waals surface area contributed by atoms with Crippen molar-refractivity contribution in [2.24, 2.45) is 0 Å². The van der Waals surface area contributed by atoms with Crippen LogP contribution in [0.2, 0.25) is 0 Å². The molecule has 1 aliphatic rings. The lowest BCUT2D eigenvalue weighted by molar-refractivity contribution is 0.612. The molecule has 5 heteroatoms. The summed E-state index contributed by atoms with van der Waals surface area (Å²) in [6, 6.07) is 0.955. The molecule has 0 atom stereocenters. The van der Waals surface area contributed by atoms with E-state index in [2.05, 4.69) is 38.7 Å². The average Bonchev–Trinajstić information content (AvgIpc) is 2.95. The van der Waals surface area contributed by atoms with E-state index in [9.17, 15) is 0 Å². The first-order chi connectivity index (χ1) is 7.75. The van der Waals surface area contributed by atoms with Crippen molar-refractivity contribution in [2.75, 3.05) is 5.32 Å². The van der Waals surface area contributed by atoms with Crippen molar-refractivity contribution in [3.8, 4) is 0 Å². The third-order valence-electron chi connectivity index (χ3n) is 2.83. The Balaban J connectivity index is 2.08. The summed E-state index contributed by atoms with van der Waals surface area (Å²) in [7, 11) is 0. The second-order valence-electron chi connectivity index (χ2n) is 4.56. The van der Waals surface area contributed by atoms with Crippen molar-refractivity contribution in [1.82, 2.24) is 19.5 Å². The van der Waals surface area contributed by atoms with Crippen LogP contribution in [0.1, 0.15) is 32.7 Å². The van der Waals surface area contributed by atoms with Crippen molar-refractivity contribution >= 4 is 17.0 Å². The number of nitrogens with one attached hydrogen (secondary N) is 1. The Morgan fingerprint density at radius 2 is 2.12 bits per heavy atom. The van der Waals surface area contributed by atoms with Crippen molar-refractivity contribution in [1.29, 1.82) is 0 Å². The number of nitrogens with zero attached hydrogens (tertiary/aromatic N) is 4. The number of rotatable bonds is 3. The van der Waals surface area contributed by atoms with Crippen LogP contribution in [0, 0.1) is 0 Å². The molecule has 3 rings (SSSR count). The van der Waals surface area contributed by atoms with Gasteiger partial charge in [0.05, 0.1) is 6.33 Å². The van der Waals surface area contributed by atoms with E-state index in [1.54, 1.807) is 6.33 Å². The Morgan fingerprint density at radius 3 is 2.81 bits per heavy atom. The Bertz CT molecular complexity index is 512. The van der Waals surface area contributed by atoms with Crippen LogP contribution >= 0.6 is 0 Å². The molecule has 0 saturated heterocycles. The molecule has 2 aromatic heterocycles. The van der Waals surface area contributed by atoms with E-state index in [0.717, 1.165) is 17.0 Å². The second-order valence-corrected chi connectivity index (χ2v) is 4.56. The third-order valence-corrected chi connectivity index (χ3v) is 2.83. The maximum atomic E-state index is 4.40. The first-order valence-corrected chi connectivity index (χ1v) is 5.70. The molecule has 5 nitrogen and oxygen atoms in total. The summed E-state index contributed by atoms with van der Waals surface area (Å²) in [5, 5.41) is 3.38. The predicted octanol–water partition coefficient (Wildman–Crippen LogP) is 1.98. The van der Waals surface area contributed by atoms with Gasteiger partial charge in [-0.2, -0.15) is 0 Å². The molecule has 0 aliphatic heterocycles. The van der Waals surface area contributed by atoms with Crippen LogP contribution in [-0.4, -0.2) is 25.6 Å². The van der Waals surface area contributed by atoms with Crippen LogP contribution in [0.25, 0.3) is 11.2 Å². The van der Waals surface area contributed by atoms with Gasteiger partial charge in [-0.1, -0.05) is 0 Å². The minimum absolute atomic E-state index is 0.369. The fourth-order valence-electron chi connectivity index (χ4n) is 1.76. The summed E-state index contributed by atoms with van der Waals surface area (Å²) in [5.41, 5.74) is 1.79. The van der Waals surface area contributed by atoms with Gasteiger partial charge in [0, 0.05) is 12.1 Å². The normalized spacial score (nSPS) is 15.9. The van der Waals surface area contributed by atoms with Gasteiger partial charge in [-0.05, 0) is 26.7 Å². The van der Waals surface area contributed by atoms with Gasteiger partial charge in [0.15, 0.2) is 11.5 Å². The Kier molecular flexibility index (Phi) is 2.05. The zero-order valence-electron chi connectivity index (χ0n) is 9.51. The summed E-state index contributed by atoms with van der Waals surface area (Å²) < 4.78 is 2.06. The highest BCUT2D eigenvalue weighted by atomic mass is 15.2. The lowest BCUT2D eigenvalue weighted by Gasteiger charge is -2.07. The molecule has 84 valence electrons. The van der Waals surface area contributed by atoms with Crippen molar-refractivity contribution in [2.45, 2.75) is 38.8 Å². The van der Waals surface area contributed by atoms with Gasteiger partial charge in [0.2, 0.25) is 0 Å². The molecule has 0 bridgehead atoms. The maximum absolute atomic E-state index is 4.40. The maximum Gasteiger partial charge on any atom is 0.165 e. The van der Waals surface area contributed by atoms with E-state index >= 15 is 0 Å². The number of aromatic nitrogens is 4. The predicted molar refractivity (Wildman–Crippen MR) is 62.4 cm³/mol. The molecule has 0 amide bonds. The molecular formula is C11H15N5. The Morgan fingerprint density at radius 1 is 1.31 bits per heavy atom. The van der Waals surface area contributed by atoms with Gasteiger partial charge in [-0.3, -0.25) is 0 Å². The molecule has 16 heavy (non-hydrogen) atoms. The van der Waals surface area contributed by atoms with Gasteiger partial charge in [0.25, 0.3) is 0 Å². The highest BCUT2D eigenvalue weighted by molar-refractivity contribution is 5.82. The number of hydrogen-bond acceptors (Lipinski definition) is 4. The van der Waals surface area contributed by atoms with E-state index in [1.165, 1.54) is 12.8 Å². The van der Waals surface area contributed by atoms with Gasteiger partial charge >= 0.3 is 0 Å². The lowest BCUT2D eigenvalue weighted by Crippen LogP contribution is -2.05. The van der Waals surface area contributed by atoms with Crippen molar-refractivity contribution in [3.63, 3.8) is 0 Å². The molecule has 1 aliphatic carbocycles. The third kappa shape index (κ3) is 1.52. The standard InChI is InChI=1S/C11H15N5/c1-7(2)16-6-14-9-10(15-8-3-4-8)12-5-13-11(9)16/h5-8H,3-4H2,1-2H3,(H,12,13,15). The van der Waals surface area contributed by atoms with E-state index in [0.29, 0.717) is 12.1 Å². The van der Waals surface area contributed by atoms with Crippen LogP contribution in [0.5, 0.6) is 0 Å². The highest BCUT2D eigenvalue weighted by Gasteiger charge is 2.23. The van der Waals surface area contributed by atoms with Gasteiger partial charge < -0.3 is 9.88 Å². The van der Waals surface area contributed by atoms with Crippen LogP contribution in [-0.2, 0) is 0 Å². The summed E-state index contributed by atoms with van der Waals surface area (Å²) in [5.74, 6) is 0.868. The van der Waals surface area contributed by atoms with E-state index < -0.39 is 0 Å². The average molecular weight is 217 g/mol. The summed E-state index contributed by atoms with van der Waals surface area (Å²) in [6.45, 7) is 4.24. The topological polar surface area (TPSA) is 55.6 Å². The van der Waals surface area contributed by atoms with Crippen LogP contribution in [0.4, 0.5) is 5.82 Å². The molecular weight excluding hydrogens is 202 g/mol. The number of fused-ring (bicyclic) bond motifs is 1. The van der Waals surface area contributed by atoms with Crippen molar-refractivity contribution in [3.05, 3.63) is 12.7 Å². The molecule has 1 saturated carbocycles. The molecule has 0 radical (unpaired) electrons. The molecule has 0 aromatic carbocycles. The smallest absolute Gasteiger partial charge is 0.165 e. The zero-order chi connectivity index (χ0) is 11.1. The Labute approximate surface area is 93.9 Å². The SMILES string of the molecule is CC(C)n1cnc2c(NC3CC3)ncnc21. The first kappa shape index (κ1) is 9.57. The largest absolute Gasteiger partial charge is 0.365 e. The van der Waals surface area contributed by atoms with Crippen LogP contribution in [0.15, 0.2) is 12.7 Å².